The van der Waals surface area contributed by atoms with Crippen LogP contribution in [-0.2, 0) is 19.1 Å². The molecule has 1 aliphatic rings. The predicted octanol–water partition coefficient (Wildman–Crippen LogP) is 3.22. The Labute approximate surface area is 166 Å². The monoisotopic (exact) mass is 405 g/mol. The first-order valence-electron chi connectivity index (χ1n) is 9.20. The number of rotatable bonds is 8. The molecule has 1 N–H and O–H groups in total. The molecule has 2 aromatic rings. The van der Waals surface area contributed by atoms with Crippen molar-refractivity contribution < 1.29 is 32.6 Å². The fraction of sp³-hybridized carbons (Fsp3) is 0.333. The van der Waals surface area contributed by atoms with Crippen molar-refractivity contribution in [3.05, 3.63) is 65.7 Å². The molecule has 3 rings (SSSR count). The van der Waals surface area contributed by atoms with E-state index in [1.54, 1.807) is 12.1 Å². The average Bonchev–Trinajstić information content (AvgIpc) is 3.26. The first-order chi connectivity index (χ1) is 14.0. The van der Waals surface area contributed by atoms with Crippen molar-refractivity contribution in [2.75, 3.05) is 13.2 Å². The van der Waals surface area contributed by atoms with Crippen molar-refractivity contribution in [1.82, 2.24) is 5.32 Å². The van der Waals surface area contributed by atoms with Crippen LogP contribution in [0.15, 0.2) is 54.6 Å². The number of hydrogen-bond acceptors (Lipinski definition) is 5. The number of halogens is 2. The van der Waals surface area contributed by atoms with E-state index < -0.39 is 37.2 Å². The summed E-state index contributed by atoms with van der Waals surface area (Å²) < 4.78 is 39.3. The molecule has 8 heteroatoms. The standard InChI is InChI=1S/C21H21F2NO5/c22-21(23)29-16-10-8-15(9-11-16)19(14-5-2-1-3-6-14)24-18(25)13-28-20(26)17-7-4-12-27-17/h1-3,5-6,8-11,17,19,21H,4,7,12-13H2,(H,24,25)/t17-,19+/m1/s1. The fourth-order valence-corrected chi connectivity index (χ4v) is 3.04. The molecule has 2 aromatic carbocycles. The molecule has 0 unspecified atom stereocenters. The topological polar surface area (TPSA) is 73.9 Å². The lowest BCUT2D eigenvalue weighted by atomic mass is 9.98. The zero-order valence-corrected chi connectivity index (χ0v) is 15.6. The van der Waals surface area contributed by atoms with Crippen LogP contribution >= 0.6 is 0 Å². The van der Waals surface area contributed by atoms with Gasteiger partial charge in [0.15, 0.2) is 12.7 Å². The van der Waals surface area contributed by atoms with Gasteiger partial charge in [0.05, 0.1) is 6.04 Å². The van der Waals surface area contributed by atoms with E-state index in [0.29, 0.717) is 18.6 Å². The summed E-state index contributed by atoms with van der Waals surface area (Å²) in [5.74, 6) is -1.02. The Kier molecular flexibility index (Phi) is 7.13. The number of amides is 1. The fourth-order valence-electron chi connectivity index (χ4n) is 3.04. The van der Waals surface area contributed by atoms with Crippen LogP contribution in [0.5, 0.6) is 5.75 Å². The summed E-state index contributed by atoms with van der Waals surface area (Å²) in [4.78, 5) is 24.3. The van der Waals surface area contributed by atoms with Gasteiger partial charge in [0.2, 0.25) is 0 Å². The first-order valence-corrected chi connectivity index (χ1v) is 9.20. The normalized spacial score (nSPS) is 17.0. The van der Waals surface area contributed by atoms with Gasteiger partial charge in [0.1, 0.15) is 5.75 Å². The molecule has 1 amide bonds. The lowest BCUT2D eigenvalue weighted by molar-refractivity contribution is -0.157. The minimum Gasteiger partial charge on any atom is -0.454 e. The molecule has 1 fully saturated rings. The molecule has 29 heavy (non-hydrogen) atoms. The van der Waals surface area contributed by atoms with Crippen LogP contribution in [0, 0.1) is 0 Å². The zero-order valence-electron chi connectivity index (χ0n) is 15.6. The Morgan fingerprint density at radius 3 is 2.38 bits per heavy atom. The lowest BCUT2D eigenvalue weighted by Gasteiger charge is -2.20. The van der Waals surface area contributed by atoms with Gasteiger partial charge in [-0.3, -0.25) is 4.79 Å². The Morgan fingerprint density at radius 2 is 1.76 bits per heavy atom. The summed E-state index contributed by atoms with van der Waals surface area (Å²) in [6, 6.07) is 14.6. The maximum Gasteiger partial charge on any atom is 0.387 e. The first kappa shape index (κ1) is 20.7. The number of carbonyl (C=O) groups excluding carboxylic acids is 2. The van der Waals surface area contributed by atoms with Gasteiger partial charge in [-0.05, 0) is 36.1 Å². The SMILES string of the molecule is O=C(COC(=O)[C@H]1CCCO1)N[C@@H](c1ccccc1)c1ccc(OC(F)F)cc1. The third kappa shape index (κ3) is 5.99. The maximum atomic E-state index is 12.4. The number of esters is 1. The molecule has 0 bridgehead atoms. The van der Waals surface area contributed by atoms with E-state index in [0.717, 1.165) is 12.0 Å². The largest absolute Gasteiger partial charge is 0.454 e. The zero-order chi connectivity index (χ0) is 20.6. The molecule has 154 valence electrons. The van der Waals surface area contributed by atoms with Crippen molar-refractivity contribution in [3.63, 3.8) is 0 Å². The van der Waals surface area contributed by atoms with E-state index in [-0.39, 0.29) is 5.75 Å². The van der Waals surface area contributed by atoms with Crippen molar-refractivity contribution in [3.8, 4) is 5.75 Å². The highest BCUT2D eigenvalue weighted by molar-refractivity contribution is 5.82. The summed E-state index contributed by atoms with van der Waals surface area (Å²) in [6.07, 6.45) is 0.753. The highest BCUT2D eigenvalue weighted by atomic mass is 19.3. The number of carbonyl (C=O) groups is 2. The van der Waals surface area contributed by atoms with Crippen LogP contribution in [0.25, 0.3) is 0 Å². The average molecular weight is 405 g/mol. The van der Waals surface area contributed by atoms with Crippen LogP contribution in [0.4, 0.5) is 8.78 Å². The summed E-state index contributed by atoms with van der Waals surface area (Å²) in [6.45, 7) is -2.84. The third-order valence-corrected chi connectivity index (χ3v) is 4.41. The molecular weight excluding hydrogens is 384 g/mol. The Balaban J connectivity index is 1.67. The van der Waals surface area contributed by atoms with E-state index in [1.165, 1.54) is 12.1 Å². The Hall–Kier alpha value is -3.00. The van der Waals surface area contributed by atoms with Gasteiger partial charge in [-0.25, -0.2) is 4.79 Å². The van der Waals surface area contributed by atoms with Gasteiger partial charge in [-0.2, -0.15) is 8.78 Å². The molecule has 1 heterocycles. The molecule has 1 saturated heterocycles. The number of alkyl halides is 2. The van der Waals surface area contributed by atoms with Crippen LogP contribution < -0.4 is 10.1 Å². The highest BCUT2D eigenvalue weighted by Crippen LogP contribution is 2.25. The van der Waals surface area contributed by atoms with Crippen LogP contribution in [0.3, 0.4) is 0 Å². The van der Waals surface area contributed by atoms with Crippen LogP contribution in [0.2, 0.25) is 0 Å². The smallest absolute Gasteiger partial charge is 0.387 e. The summed E-state index contributed by atoms with van der Waals surface area (Å²) >= 11 is 0. The number of ether oxygens (including phenoxy) is 3. The number of benzene rings is 2. The number of nitrogens with one attached hydrogen (secondary N) is 1. The van der Waals surface area contributed by atoms with Crippen molar-refractivity contribution >= 4 is 11.9 Å². The van der Waals surface area contributed by atoms with E-state index in [2.05, 4.69) is 10.1 Å². The molecule has 0 spiro atoms. The molecule has 1 aliphatic heterocycles. The maximum absolute atomic E-state index is 12.4. The Bertz CT molecular complexity index is 808. The second-order valence-electron chi connectivity index (χ2n) is 6.47. The minimum absolute atomic E-state index is 0.0207. The van der Waals surface area contributed by atoms with E-state index in [1.807, 2.05) is 30.3 Å². The van der Waals surface area contributed by atoms with Gasteiger partial charge < -0.3 is 19.5 Å². The minimum atomic E-state index is -2.91. The highest BCUT2D eigenvalue weighted by Gasteiger charge is 2.26. The summed E-state index contributed by atoms with van der Waals surface area (Å²) in [5.41, 5.74) is 1.45. The molecule has 0 saturated carbocycles. The van der Waals surface area contributed by atoms with Crippen LogP contribution in [-0.4, -0.2) is 37.8 Å². The number of hydrogen-bond donors (Lipinski definition) is 1. The van der Waals surface area contributed by atoms with Gasteiger partial charge in [-0.15, -0.1) is 0 Å². The van der Waals surface area contributed by atoms with E-state index in [9.17, 15) is 18.4 Å². The van der Waals surface area contributed by atoms with Gasteiger partial charge >= 0.3 is 12.6 Å². The van der Waals surface area contributed by atoms with Gasteiger partial charge in [-0.1, -0.05) is 42.5 Å². The molecular formula is C21H21F2NO5. The summed E-state index contributed by atoms with van der Waals surface area (Å²) in [7, 11) is 0. The van der Waals surface area contributed by atoms with Crippen LogP contribution in [0.1, 0.15) is 30.0 Å². The van der Waals surface area contributed by atoms with E-state index >= 15 is 0 Å². The Morgan fingerprint density at radius 1 is 1.07 bits per heavy atom. The molecule has 2 atom stereocenters. The molecule has 0 aliphatic carbocycles. The van der Waals surface area contributed by atoms with Crippen molar-refractivity contribution in [2.24, 2.45) is 0 Å². The summed E-state index contributed by atoms with van der Waals surface area (Å²) in [5, 5.41) is 2.81. The molecule has 6 nitrogen and oxygen atoms in total. The van der Waals surface area contributed by atoms with Crippen molar-refractivity contribution in [1.29, 1.82) is 0 Å². The second-order valence-corrected chi connectivity index (χ2v) is 6.47. The predicted molar refractivity (Wildman–Crippen MR) is 99.4 cm³/mol. The molecule has 0 radical (unpaired) electrons. The second kappa shape index (κ2) is 9.97. The van der Waals surface area contributed by atoms with Gasteiger partial charge in [0.25, 0.3) is 5.91 Å². The third-order valence-electron chi connectivity index (χ3n) is 4.41. The molecule has 0 aromatic heterocycles. The van der Waals surface area contributed by atoms with E-state index in [4.69, 9.17) is 9.47 Å². The lowest BCUT2D eigenvalue weighted by Crippen LogP contribution is -2.34. The van der Waals surface area contributed by atoms with Gasteiger partial charge in [0, 0.05) is 6.61 Å². The quantitative estimate of drug-likeness (QED) is 0.683. The van der Waals surface area contributed by atoms with Crippen molar-refractivity contribution in [2.45, 2.75) is 31.6 Å².